The zero-order chi connectivity index (χ0) is 20.9. The second-order valence-corrected chi connectivity index (χ2v) is 8.56. The van der Waals surface area contributed by atoms with Crippen LogP contribution in [0.1, 0.15) is 18.5 Å². The van der Waals surface area contributed by atoms with Gasteiger partial charge >= 0.3 is 0 Å². The van der Waals surface area contributed by atoms with Gasteiger partial charge in [0.2, 0.25) is 10.0 Å². The summed E-state index contributed by atoms with van der Waals surface area (Å²) in [5, 5.41) is 2.76. The Morgan fingerprint density at radius 3 is 2.38 bits per heavy atom. The molecule has 1 amide bonds. The molecule has 2 aromatic rings. The van der Waals surface area contributed by atoms with Gasteiger partial charge in [-0.15, -0.1) is 0 Å². The Kier molecular flexibility index (Phi) is 6.83. The van der Waals surface area contributed by atoms with E-state index in [0.29, 0.717) is 32.1 Å². The van der Waals surface area contributed by atoms with Gasteiger partial charge in [-0.2, -0.15) is 4.31 Å². The molecule has 0 aliphatic carbocycles. The molecule has 1 fully saturated rings. The van der Waals surface area contributed by atoms with E-state index in [9.17, 15) is 17.6 Å². The minimum atomic E-state index is -3.57. The number of hydrogen-bond acceptors (Lipinski definition) is 5. The first kappa shape index (κ1) is 21.2. The molecular formula is C20H23FN2O5S. The van der Waals surface area contributed by atoms with Gasteiger partial charge in [-0.05, 0) is 48.9 Å². The predicted octanol–water partition coefficient (Wildman–Crippen LogP) is 2.10. The van der Waals surface area contributed by atoms with Crippen LogP contribution in [0.2, 0.25) is 0 Å². The molecule has 0 aromatic heterocycles. The molecule has 1 saturated heterocycles. The van der Waals surface area contributed by atoms with Gasteiger partial charge in [0.25, 0.3) is 5.91 Å². The van der Waals surface area contributed by atoms with Gasteiger partial charge in [0.1, 0.15) is 11.6 Å². The van der Waals surface area contributed by atoms with Crippen molar-refractivity contribution in [3.8, 4) is 5.75 Å². The van der Waals surface area contributed by atoms with Crippen LogP contribution >= 0.6 is 0 Å². The summed E-state index contributed by atoms with van der Waals surface area (Å²) in [4.78, 5) is 12.2. The number of hydrogen-bond donors (Lipinski definition) is 1. The summed E-state index contributed by atoms with van der Waals surface area (Å²) in [5.41, 5.74) is 0.775. The second kappa shape index (κ2) is 9.34. The molecule has 29 heavy (non-hydrogen) atoms. The Bertz CT molecular complexity index is 926. The average Bonchev–Trinajstić information content (AvgIpc) is 2.73. The Hall–Kier alpha value is -2.49. The van der Waals surface area contributed by atoms with Crippen LogP contribution in [0.3, 0.4) is 0 Å². The van der Waals surface area contributed by atoms with Gasteiger partial charge in [0.15, 0.2) is 6.61 Å². The molecular weight excluding hydrogens is 399 g/mol. The van der Waals surface area contributed by atoms with E-state index in [-0.39, 0.29) is 29.3 Å². The number of nitrogens with zero attached hydrogens (tertiary/aromatic N) is 1. The van der Waals surface area contributed by atoms with Crippen molar-refractivity contribution < 1.29 is 27.1 Å². The first-order valence-electron chi connectivity index (χ1n) is 9.22. The molecule has 0 spiro atoms. The van der Waals surface area contributed by atoms with Crippen molar-refractivity contribution in [2.75, 3.05) is 32.9 Å². The number of ether oxygens (including phenoxy) is 2. The number of morpholine rings is 1. The minimum absolute atomic E-state index is 0.168. The fraction of sp³-hybridized carbons (Fsp3) is 0.350. The van der Waals surface area contributed by atoms with Crippen molar-refractivity contribution in [1.82, 2.24) is 9.62 Å². The minimum Gasteiger partial charge on any atom is -0.484 e. The molecule has 7 nitrogen and oxygen atoms in total. The Labute approximate surface area is 169 Å². The first-order chi connectivity index (χ1) is 13.9. The maximum atomic E-state index is 13.0. The molecule has 3 rings (SSSR count). The van der Waals surface area contributed by atoms with Gasteiger partial charge in [-0.3, -0.25) is 4.79 Å². The number of carbonyl (C=O) groups excluding carboxylic acids is 1. The van der Waals surface area contributed by atoms with E-state index in [0.717, 1.165) is 5.56 Å². The highest BCUT2D eigenvalue weighted by Crippen LogP contribution is 2.20. The van der Waals surface area contributed by atoms with E-state index in [4.69, 9.17) is 9.47 Å². The molecule has 1 aliphatic heterocycles. The summed E-state index contributed by atoms with van der Waals surface area (Å²) in [7, 11) is -3.57. The van der Waals surface area contributed by atoms with Crippen LogP contribution in [0.5, 0.6) is 5.75 Å². The molecule has 1 heterocycles. The van der Waals surface area contributed by atoms with Crippen molar-refractivity contribution in [3.05, 3.63) is 59.9 Å². The topological polar surface area (TPSA) is 84.9 Å². The number of nitrogens with one attached hydrogen (secondary N) is 1. The van der Waals surface area contributed by atoms with Crippen molar-refractivity contribution in [1.29, 1.82) is 0 Å². The summed E-state index contributed by atoms with van der Waals surface area (Å²) in [5.74, 6) is -0.294. The SMILES string of the molecule is C[C@H](NC(=O)COc1ccc(S(=O)(=O)N2CCOCC2)cc1)c1ccc(F)cc1. The highest BCUT2D eigenvalue weighted by atomic mass is 32.2. The van der Waals surface area contributed by atoms with Crippen LogP contribution in [-0.2, 0) is 19.6 Å². The van der Waals surface area contributed by atoms with Gasteiger partial charge in [-0.1, -0.05) is 12.1 Å². The summed E-state index contributed by atoms with van der Waals surface area (Å²) < 4.78 is 50.1. The Balaban J connectivity index is 1.53. The number of carbonyl (C=O) groups is 1. The molecule has 156 valence electrons. The first-order valence-corrected chi connectivity index (χ1v) is 10.7. The van der Waals surface area contributed by atoms with Crippen molar-refractivity contribution in [2.45, 2.75) is 17.9 Å². The third-order valence-corrected chi connectivity index (χ3v) is 6.46. The number of sulfonamides is 1. The molecule has 1 atom stereocenters. The fourth-order valence-corrected chi connectivity index (χ4v) is 4.32. The highest BCUT2D eigenvalue weighted by Gasteiger charge is 2.26. The highest BCUT2D eigenvalue weighted by molar-refractivity contribution is 7.89. The summed E-state index contributed by atoms with van der Waals surface area (Å²) in [6, 6.07) is 11.5. The van der Waals surface area contributed by atoms with Gasteiger partial charge in [0.05, 0.1) is 24.2 Å². The lowest BCUT2D eigenvalue weighted by Crippen LogP contribution is -2.40. The quantitative estimate of drug-likeness (QED) is 0.739. The molecule has 1 N–H and O–H groups in total. The van der Waals surface area contributed by atoms with E-state index in [2.05, 4.69) is 5.32 Å². The Morgan fingerprint density at radius 2 is 1.76 bits per heavy atom. The number of amides is 1. The van der Waals surface area contributed by atoms with Crippen molar-refractivity contribution >= 4 is 15.9 Å². The molecule has 0 unspecified atom stereocenters. The van der Waals surface area contributed by atoms with Crippen LogP contribution in [0.4, 0.5) is 4.39 Å². The van der Waals surface area contributed by atoms with Crippen LogP contribution in [-0.4, -0.2) is 51.5 Å². The van der Waals surface area contributed by atoms with Gasteiger partial charge < -0.3 is 14.8 Å². The lowest BCUT2D eigenvalue weighted by atomic mass is 10.1. The van der Waals surface area contributed by atoms with E-state index in [1.54, 1.807) is 19.1 Å². The largest absolute Gasteiger partial charge is 0.484 e. The zero-order valence-corrected chi connectivity index (χ0v) is 16.8. The van der Waals surface area contributed by atoms with E-state index in [1.807, 2.05) is 0 Å². The molecule has 0 radical (unpaired) electrons. The van der Waals surface area contributed by atoms with Crippen molar-refractivity contribution in [2.24, 2.45) is 0 Å². The van der Waals surface area contributed by atoms with Crippen LogP contribution < -0.4 is 10.1 Å². The molecule has 0 bridgehead atoms. The van der Waals surface area contributed by atoms with Crippen LogP contribution in [0, 0.1) is 5.82 Å². The zero-order valence-electron chi connectivity index (χ0n) is 16.0. The smallest absolute Gasteiger partial charge is 0.258 e. The number of rotatable bonds is 7. The normalized spacial score (nSPS) is 16.2. The van der Waals surface area contributed by atoms with E-state index < -0.39 is 10.0 Å². The third kappa shape index (κ3) is 5.53. The predicted molar refractivity (Wildman–Crippen MR) is 104 cm³/mol. The summed E-state index contributed by atoms with van der Waals surface area (Å²) in [6.45, 7) is 2.98. The van der Waals surface area contributed by atoms with Crippen molar-refractivity contribution in [3.63, 3.8) is 0 Å². The van der Waals surface area contributed by atoms with E-state index >= 15 is 0 Å². The molecule has 1 aliphatic rings. The number of benzene rings is 2. The molecule has 0 saturated carbocycles. The maximum absolute atomic E-state index is 13.0. The lowest BCUT2D eigenvalue weighted by molar-refractivity contribution is -0.123. The number of halogens is 1. The third-order valence-electron chi connectivity index (χ3n) is 4.55. The average molecular weight is 422 g/mol. The van der Waals surface area contributed by atoms with Crippen LogP contribution in [0.15, 0.2) is 53.4 Å². The maximum Gasteiger partial charge on any atom is 0.258 e. The Morgan fingerprint density at radius 1 is 1.14 bits per heavy atom. The summed E-state index contributed by atoms with van der Waals surface area (Å²) >= 11 is 0. The van der Waals surface area contributed by atoms with Gasteiger partial charge in [-0.25, -0.2) is 12.8 Å². The second-order valence-electron chi connectivity index (χ2n) is 6.62. The standard InChI is InChI=1S/C20H23FN2O5S/c1-15(16-2-4-17(21)5-3-16)22-20(24)14-28-18-6-8-19(9-7-18)29(25,26)23-10-12-27-13-11-23/h2-9,15H,10-14H2,1H3,(H,22,24)/t15-/m0/s1. The molecule has 9 heteroatoms. The summed E-state index contributed by atoms with van der Waals surface area (Å²) in [6.07, 6.45) is 0. The lowest BCUT2D eigenvalue weighted by Gasteiger charge is -2.26. The molecule has 2 aromatic carbocycles. The van der Waals surface area contributed by atoms with Crippen LogP contribution in [0.25, 0.3) is 0 Å². The van der Waals surface area contributed by atoms with Gasteiger partial charge in [0, 0.05) is 13.1 Å². The monoisotopic (exact) mass is 422 g/mol. The fourth-order valence-electron chi connectivity index (χ4n) is 2.91. The van der Waals surface area contributed by atoms with E-state index in [1.165, 1.54) is 40.7 Å².